The number of hydrogen-bond donors (Lipinski definition) is 2. The molecule has 0 saturated heterocycles. The monoisotopic (exact) mass is 902 g/mol. The van der Waals surface area contributed by atoms with Crippen LogP contribution in [0, 0.1) is 0 Å². The smallest absolute Gasteiger partial charge is 0.163 e. The minimum absolute atomic E-state index is 0.126. The molecule has 68 heavy (non-hydrogen) atoms. The van der Waals surface area contributed by atoms with Crippen molar-refractivity contribution >= 4 is 22.1 Å². The highest BCUT2D eigenvalue weighted by Gasteiger charge is 2.30. The summed E-state index contributed by atoms with van der Waals surface area (Å²) in [7, 11) is 4.03. The lowest BCUT2D eigenvalue weighted by molar-refractivity contribution is 0.445. The molecule has 9 nitrogen and oxygen atoms in total. The van der Waals surface area contributed by atoms with Gasteiger partial charge in [0, 0.05) is 47.5 Å². The number of aromatic hydroxyl groups is 2. The maximum Gasteiger partial charge on any atom is 0.163 e. The van der Waals surface area contributed by atoms with E-state index in [-0.39, 0.29) is 33.2 Å². The van der Waals surface area contributed by atoms with Gasteiger partial charge in [-0.15, -0.1) is 0 Å². The fourth-order valence-corrected chi connectivity index (χ4v) is 9.22. The van der Waals surface area contributed by atoms with Crippen molar-refractivity contribution in [3.05, 3.63) is 138 Å². The van der Waals surface area contributed by atoms with Crippen molar-refractivity contribution in [2.75, 3.05) is 0 Å². The van der Waals surface area contributed by atoms with Crippen molar-refractivity contribution in [2.45, 2.75) is 105 Å². The molecule has 0 radical (unpaired) electrons. The Bertz CT molecular complexity index is 3210. The summed E-state index contributed by atoms with van der Waals surface area (Å²) < 4.78 is 4.16. The molecular formula is C59H63N7O2. The number of fused-ring (bicyclic) bond motifs is 2. The zero-order chi connectivity index (χ0) is 48.8. The van der Waals surface area contributed by atoms with Gasteiger partial charge in [-0.3, -0.25) is 0 Å². The number of nitrogens with zero attached hydrogens (tertiary/aromatic N) is 7. The molecule has 0 atom stereocenters. The number of rotatable bonds is 6. The summed E-state index contributed by atoms with van der Waals surface area (Å²) in [5.74, 6) is 3.06. The Labute approximate surface area is 400 Å². The summed E-state index contributed by atoms with van der Waals surface area (Å²) >= 11 is 0. The van der Waals surface area contributed by atoms with Gasteiger partial charge in [-0.05, 0) is 80.3 Å². The topological polar surface area (TPSA) is 115 Å². The number of para-hydroxylation sites is 2. The molecule has 0 aliphatic carbocycles. The Kier molecular flexibility index (Phi) is 11.0. The molecule has 6 aromatic carbocycles. The third-order valence-electron chi connectivity index (χ3n) is 13.3. The quantitative estimate of drug-likeness (QED) is 0.171. The third-order valence-corrected chi connectivity index (χ3v) is 13.3. The lowest BCUT2D eigenvalue weighted by atomic mass is 9.79. The lowest BCUT2D eigenvalue weighted by Crippen LogP contribution is -2.17. The standard InChI is InChI=1S/C59H63N7O2/c1-56(2,3)38-29-42(50(67)44(31-38)58(7,8)9)54-62-48-40(23-17-25-46(48)65(54)13)34-19-15-21-36(27-34)52-60-33-61-53(64-52)37-22-16-20-35(28-37)41-24-18-26-47-49(41)63-55(66(47)14)43-30-39(57(4,5)6)32-45(51(43)68)59(10,11)12/h15-33,67-68H,1-14H3. The molecule has 2 N–H and O–H groups in total. The second kappa shape index (κ2) is 16.3. The summed E-state index contributed by atoms with van der Waals surface area (Å²) in [6, 6.07) is 37.4. The van der Waals surface area contributed by atoms with Crippen molar-refractivity contribution in [3.8, 4) is 79.3 Å². The van der Waals surface area contributed by atoms with Crippen LogP contribution in [0.5, 0.6) is 11.5 Å². The summed E-state index contributed by atoms with van der Waals surface area (Å²) in [6.07, 6.45) is 1.57. The van der Waals surface area contributed by atoms with Crippen molar-refractivity contribution in [3.63, 3.8) is 0 Å². The van der Waals surface area contributed by atoms with Gasteiger partial charge < -0.3 is 19.3 Å². The van der Waals surface area contributed by atoms with Crippen molar-refractivity contribution in [1.82, 2.24) is 34.1 Å². The number of imidazole rings is 2. The van der Waals surface area contributed by atoms with Crippen LogP contribution in [0.3, 0.4) is 0 Å². The first kappa shape index (κ1) is 46.0. The van der Waals surface area contributed by atoms with Gasteiger partial charge in [0.05, 0.1) is 33.2 Å². The summed E-state index contributed by atoms with van der Waals surface area (Å²) in [5.41, 5.74) is 13.9. The fraction of sp³-hybridized carbons (Fsp3) is 0.305. The lowest BCUT2D eigenvalue weighted by Gasteiger charge is -2.27. The molecule has 9 heteroatoms. The van der Waals surface area contributed by atoms with Crippen LogP contribution >= 0.6 is 0 Å². The van der Waals surface area contributed by atoms with Gasteiger partial charge in [-0.2, -0.15) is 0 Å². The predicted octanol–water partition coefficient (Wildman–Crippen LogP) is 14.2. The maximum atomic E-state index is 11.8. The Hall–Kier alpha value is -7.13. The number of hydrogen-bond acceptors (Lipinski definition) is 7. The number of aromatic nitrogens is 7. The van der Waals surface area contributed by atoms with Crippen molar-refractivity contribution in [2.24, 2.45) is 14.1 Å². The molecule has 0 aliphatic rings. The molecule has 3 aromatic heterocycles. The zero-order valence-corrected chi connectivity index (χ0v) is 42.0. The van der Waals surface area contributed by atoms with E-state index < -0.39 is 0 Å². The van der Waals surface area contributed by atoms with Crippen LogP contribution in [0.15, 0.2) is 116 Å². The predicted molar refractivity (Wildman–Crippen MR) is 279 cm³/mol. The first-order chi connectivity index (χ1) is 31.9. The van der Waals surface area contributed by atoms with E-state index in [4.69, 9.17) is 15.0 Å². The van der Waals surface area contributed by atoms with E-state index in [1.54, 1.807) is 6.33 Å². The normalized spacial score (nSPS) is 12.7. The molecule has 9 aromatic rings. The van der Waals surface area contributed by atoms with E-state index in [2.05, 4.69) is 187 Å². The molecule has 0 saturated carbocycles. The van der Waals surface area contributed by atoms with E-state index in [1.165, 1.54) is 0 Å². The van der Waals surface area contributed by atoms with E-state index >= 15 is 0 Å². The molecule has 0 unspecified atom stereocenters. The van der Waals surface area contributed by atoms with Gasteiger partial charge in [0.2, 0.25) is 0 Å². The van der Waals surface area contributed by atoms with Crippen LogP contribution in [0.2, 0.25) is 0 Å². The highest BCUT2D eigenvalue weighted by Crippen LogP contribution is 2.45. The number of benzene rings is 6. The largest absolute Gasteiger partial charge is 0.507 e. The number of phenols is 2. The van der Waals surface area contributed by atoms with Crippen LogP contribution in [0.25, 0.3) is 89.9 Å². The summed E-state index contributed by atoms with van der Waals surface area (Å²) in [6.45, 7) is 26.0. The van der Waals surface area contributed by atoms with E-state index in [0.29, 0.717) is 23.3 Å². The van der Waals surface area contributed by atoms with Crippen LogP contribution in [0.1, 0.15) is 105 Å². The van der Waals surface area contributed by atoms with Crippen LogP contribution in [-0.2, 0) is 35.8 Å². The minimum Gasteiger partial charge on any atom is -0.507 e. The highest BCUT2D eigenvalue weighted by atomic mass is 16.3. The maximum absolute atomic E-state index is 11.8. The van der Waals surface area contributed by atoms with E-state index in [9.17, 15) is 10.2 Å². The average molecular weight is 902 g/mol. The van der Waals surface area contributed by atoms with Gasteiger partial charge in [0.15, 0.2) is 11.6 Å². The molecule has 346 valence electrons. The Morgan fingerprint density at radius 2 is 0.765 bits per heavy atom. The van der Waals surface area contributed by atoms with Crippen LogP contribution in [-0.4, -0.2) is 44.3 Å². The van der Waals surface area contributed by atoms with Gasteiger partial charge in [0.1, 0.15) is 29.5 Å². The highest BCUT2D eigenvalue weighted by molar-refractivity contribution is 5.97. The van der Waals surface area contributed by atoms with Crippen molar-refractivity contribution in [1.29, 1.82) is 0 Å². The molecule has 0 amide bonds. The number of aryl methyl sites for hydroxylation is 2. The van der Waals surface area contributed by atoms with Gasteiger partial charge in [-0.25, -0.2) is 24.9 Å². The molecular weight excluding hydrogens is 839 g/mol. The second-order valence-electron chi connectivity index (χ2n) is 22.5. The summed E-state index contributed by atoms with van der Waals surface area (Å²) in [5, 5.41) is 23.6. The Morgan fingerprint density at radius 1 is 0.397 bits per heavy atom. The van der Waals surface area contributed by atoms with Gasteiger partial charge >= 0.3 is 0 Å². The molecule has 3 heterocycles. The second-order valence-corrected chi connectivity index (χ2v) is 22.5. The SMILES string of the molecule is Cn1c(-c2cc(C(C)(C)C)cc(C(C)(C)C)c2O)nc2c(-c3cccc(-c4ncnc(-c5cccc(-c6cccc7c6nc(-c6cc(C(C)(C)C)cc(C(C)(C)C)c6O)n7C)c5)n4)c3)cccc21. The first-order valence-corrected chi connectivity index (χ1v) is 23.5. The Morgan fingerprint density at radius 3 is 1.13 bits per heavy atom. The summed E-state index contributed by atoms with van der Waals surface area (Å²) in [4.78, 5) is 24.9. The van der Waals surface area contributed by atoms with E-state index in [1.807, 2.05) is 38.4 Å². The van der Waals surface area contributed by atoms with Crippen LogP contribution < -0.4 is 0 Å². The minimum atomic E-state index is -0.268. The number of phenolic OH excluding ortho intramolecular Hbond substituents is 2. The van der Waals surface area contributed by atoms with Crippen molar-refractivity contribution < 1.29 is 10.2 Å². The molecule has 0 spiro atoms. The molecule has 0 fully saturated rings. The van der Waals surface area contributed by atoms with Gasteiger partial charge in [0.25, 0.3) is 0 Å². The Balaban J connectivity index is 1.08. The average Bonchev–Trinajstić information content (AvgIpc) is 3.80. The third kappa shape index (κ3) is 8.22. The van der Waals surface area contributed by atoms with Crippen LogP contribution in [0.4, 0.5) is 0 Å². The zero-order valence-electron chi connectivity index (χ0n) is 42.0. The fourth-order valence-electron chi connectivity index (χ4n) is 9.22. The van der Waals surface area contributed by atoms with E-state index in [0.717, 1.165) is 88.8 Å². The molecule has 0 aliphatic heterocycles. The first-order valence-electron chi connectivity index (χ1n) is 23.5. The molecule has 9 rings (SSSR count). The molecule has 0 bridgehead atoms. The van der Waals surface area contributed by atoms with Gasteiger partial charge in [-0.1, -0.05) is 156 Å².